The number of fused-ring (bicyclic) bond motifs is 2. The summed E-state index contributed by atoms with van der Waals surface area (Å²) in [6.45, 7) is 4.47. The molecule has 1 fully saturated rings. The van der Waals surface area contributed by atoms with Gasteiger partial charge in [-0.25, -0.2) is 0 Å². The van der Waals surface area contributed by atoms with E-state index in [9.17, 15) is 4.79 Å². The molecule has 1 saturated heterocycles. The van der Waals surface area contributed by atoms with Gasteiger partial charge < -0.3 is 15.5 Å². The van der Waals surface area contributed by atoms with Crippen LogP contribution >= 0.6 is 0 Å². The maximum atomic E-state index is 11.2. The average Bonchev–Trinajstić information content (AvgIpc) is 3.32. The van der Waals surface area contributed by atoms with Crippen LogP contribution in [0, 0.1) is 0 Å². The summed E-state index contributed by atoms with van der Waals surface area (Å²) in [6.07, 6.45) is 2.14. The van der Waals surface area contributed by atoms with Crippen LogP contribution in [-0.2, 0) is 11.3 Å². The molecule has 7 heteroatoms. The number of likely N-dealkylation sites (tertiary alicyclic amines) is 1. The molecule has 0 unspecified atom stereocenters. The monoisotopic (exact) mass is 403 g/mol. The fourth-order valence-corrected chi connectivity index (χ4v) is 4.21. The second-order valence-electron chi connectivity index (χ2n) is 8.09. The number of nitrogens with zero attached hydrogens (tertiary/aromatic N) is 2. The standard InChI is InChI=1S/C23H25N5O2/c1-14(29)30-18-3-4-19-21(12-18)26-27-23(19)22-11-16-10-15(2-5-20(16)25-22)13-28-8-6-17(24)7-9-28/h2-5,10-12,17,25H,6-9,13,24H2,1H3,(H,26,27). The third kappa shape index (κ3) is 3.69. The number of hydrogen-bond donors (Lipinski definition) is 3. The Bertz CT molecular complexity index is 1220. The highest BCUT2D eigenvalue weighted by molar-refractivity contribution is 5.96. The number of nitrogens with two attached hydrogens (primary N) is 1. The summed E-state index contributed by atoms with van der Waals surface area (Å²) in [5, 5.41) is 9.67. The van der Waals surface area contributed by atoms with Crippen molar-refractivity contribution in [2.75, 3.05) is 13.1 Å². The minimum atomic E-state index is -0.340. The Kier molecular flexibility index (Phi) is 4.77. The van der Waals surface area contributed by atoms with Crippen LogP contribution in [0.25, 0.3) is 33.2 Å². The number of ether oxygens (including phenoxy) is 1. The second kappa shape index (κ2) is 7.59. The molecule has 30 heavy (non-hydrogen) atoms. The summed E-state index contributed by atoms with van der Waals surface area (Å²) in [5.74, 6) is 0.165. The predicted molar refractivity (Wildman–Crippen MR) is 117 cm³/mol. The van der Waals surface area contributed by atoms with Gasteiger partial charge in [-0.05, 0) is 61.8 Å². The van der Waals surface area contributed by atoms with Gasteiger partial charge in [0.25, 0.3) is 0 Å². The number of hydrogen-bond acceptors (Lipinski definition) is 5. The first kappa shape index (κ1) is 18.8. The van der Waals surface area contributed by atoms with Crippen molar-refractivity contribution in [1.82, 2.24) is 20.1 Å². The average molecular weight is 403 g/mol. The van der Waals surface area contributed by atoms with Gasteiger partial charge >= 0.3 is 5.97 Å². The van der Waals surface area contributed by atoms with E-state index in [0.717, 1.165) is 60.3 Å². The molecular formula is C23H25N5O2. The number of benzene rings is 2. The molecule has 1 aliphatic rings. The number of H-pyrrole nitrogens is 2. The van der Waals surface area contributed by atoms with Crippen LogP contribution in [0.2, 0.25) is 0 Å². The highest BCUT2D eigenvalue weighted by atomic mass is 16.5. The van der Waals surface area contributed by atoms with Gasteiger partial charge in [-0.15, -0.1) is 0 Å². The number of nitrogens with one attached hydrogen (secondary N) is 2. The lowest BCUT2D eigenvalue weighted by atomic mass is 10.0. The Morgan fingerprint density at radius 1 is 1.17 bits per heavy atom. The molecule has 3 heterocycles. The molecule has 0 spiro atoms. The van der Waals surface area contributed by atoms with E-state index in [1.54, 1.807) is 12.1 Å². The number of aromatic nitrogens is 3. The van der Waals surface area contributed by atoms with E-state index in [1.165, 1.54) is 17.9 Å². The van der Waals surface area contributed by atoms with Crippen molar-refractivity contribution in [1.29, 1.82) is 0 Å². The quantitative estimate of drug-likeness (QED) is 0.357. The van der Waals surface area contributed by atoms with Gasteiger partial charge in [0.05, 0.1) is 11.2 Å². The van der Waals surface area contributed by atoms with E-state index in [1.807, 2.05) is 6.07 Å². The van der Waals surface area contributed by atoms with Crippen molar-refractivity contribution in [3.8, 4) is 17.1 Å². The molecule has 2 aromatic carbocycles. The van der Waals surface area contributed by atoms with E-state index in [2.05, 4.69) is 44.3 Å². The van der Waals surface area contributed by atoms with Gasteiger partial charge in [0.1, 0.15) is 11.4 Å². The zero-order chi connectivity index (χ0) is 20.7. The molecule has 4 aromatic rings. The van der Waals surface area contributed by atoms with E-state index >= 15 is 0 Å². The summed E-state index contributed by atoms with van der Waals surface area (Å²) in [7, 11) is 0. The van der Waals surface area contributed by atoms with Crippen LogP contribution in [0.15, 0.2) is 42.5 Å². The van der Waals surface area contributed by atoms with Crippen LogP contribution in [0.5, 0.6) is 5.75 Å². The van der Waals surface area contributed by atoms with Crippen LogP contribution in [0.3, 0.4) is 0 Å². The third-order valence-electron chi connectivity index (χ3n) is 5.77. The van der Waals surface area contributed by atoms with Crippen molar-refractivity contribution in [3.63, 3.8) is 0 Å². The van der Waals surface area contributed by atoms with Gasteiger partial charge in [-0.1, -0.05) is 6.07 Å². The van der Waals surface area contributed by atoms with Crippen molar-refractivity contribution < 1.29 is 9.53 Å². The SMILES string of the molecule is CC(=O)Oc1ccc2c(-c3cc4cc(CN5CCC(N)CC5)ccc4[nH]3)n[nH]c2c1. The summed E-state index contributed by atoms with van der Waals surface area (Å²) in [6, 6.07) is 14.6. The Labute approximate surface area is 174 Å². The topological polar surface area (TPSA) is 100 Å². The Balaban J connectivity index is 1.41. The molecule has 0 saturated carbocycles. The number of carbonyl (C=O) groups is 1. The molecule has 4 N–H and O–H groups in total. The molecular weight excluding hydrogens is 378 g/mol. The van der Waals surface area contributed by atoms with E-state index in [4.69, 9.17) is 10.5 Å². The molecule has 0 aliphatic carbocycles. The third-order valence-corrected chi connectivity index (χ3v) is 5.77. The number of carbonyl (C=O) groups excluding carboxylic acids is 1. The number of esters is 1. The second-order valence-corrected chi connectivity index (χ2v) is 8.09. The summed E-state index contributed by atoms with van der Waals surface area (Å²) < 4.78 is 5.16. The number of aromatic amines is 2. The number of piperidine rings is 1. The van der Waals surface area contributed by atoms with Gasteiger partial charge in [-0.2, -0.15) is 5.10 Å². The number of rotatable bonds is 4. The molecule has 0 amide bonds. The van der Waals surface area contributed by atoms with Gasteiger partial charge in [0.2, 0.25) is 0 Å². The van der Waals surface area contributed by atoms with E-state index in [-0.39, 0.29) is 5.97 Å². The molecule has 0 atom stereocenters. The maximum Gasteiger partial charge on any atom is 0.308 e. The molecule has 2 aromatic heterocycles. The maximum absolute atomic E-state index is 11.2. The smallest absolute Gasteiger partial charge is 0.308 e. The summed E-state index contributed by atoms with van der Waals surface area (Å²) in [5.41, 5.74) is 11.0. The molecule has 5 rings (SSSR count). The largest absolute Gasteiger partial charge is 0.427 e. The Morgan fingerprint density at radius 3 is 2.80 bits per heavy atom. The molecule has 0 bridgehead atoms. The minimum Gasteiger partial charge on any atom is -0.427 e. The van der Waals surface area contributed by atoms with E-state index < -0.39 is 0 Å². The lowest BCUT2D eigenvalue weighted by molar-refractivity contribution is -0.131. The predicted octanol–water partition coefficient (Wildman–Crippen LogP) is 3.56. The van der Waals surface area contributed by atoms with Gasteiger partial charge in [0.15, 0.2) is 0 Å². The summed E-state index contributed by atoms with van der Waals surface area (Å²) >= 11 is 0. The van der Waals surface area contributed by atoms with E-state index in [0.29, 0.717) is 11.8 Å². The summed E-state index contributed by atoms with van der Waals surface area (Å²) in [4.78, 5) is 17.1. The zero-order valence-corrected chi connectivity index (χ0v) is 16.9. The first-order chi connectivity index (χ1) is 14.5. The van der Waals surface area contributed by atoms with Crippen molar-refractivity contribution in [2.45, 2.75) is 32.4 Å². The van der Waals surface area contributed by atoms with Gasteiger partial charge in [-0.3, -0.25) is 14.8 Å². The Morgan fingerprint density at radius 2 is 2.00 bits per heavy atom. The van der Waals surface area contributed by atoms with Crippen LogP contribution < -0.4 is 10.5 Å². The van der Waals surface area contributed by atoms with Crippen molar-refractivity contribution >= 4 is 27.8 Å². The fourth-order valence-electron chi connectivity index (χ4n) is 4.21. The zero-order valence-electron chi connectivity index (χ0n) is 16.9. The lowest BCUT2D eigenvalue weighted by Crippen LogP contribution is -2.39. The van der Waals surface area contributed by atoms with Gasteiger partial charge in [0, 0.05) is 41.9 Å². The molecule has 7 nitrogen and oxygen atoms in total. The van der Waals surface area contributed by atoms with Crippen LogP contribution in [-0.4, -0.2) is 45.2 Å². The van der Waals surface area contributed by atoms with Crippen LogP contribution in [0.4, 0.5) is 0 Å². The van der Waals surface area contributed by atoms with Crippen molar-refractivity contribution in [3.05, 3.63) is 48.0 Å². The Hall–Kier alpha value is -3.16. The first-order valence-electron chi connectivity index (χ1n) is 10.3. The van der Waals surface area contributed by atoms with Crippen LogP contribution in [0.1, 0.15) is 25.3 Å². The minimum absolute atomic E-state index is 0.340. The lowest BCUT2D eigenvalue weighted by Gasteiger charge is -2.30. The highest BCUT2D eigenvalue weighted by Crippen LogP contribution is 2.31. The molecule has 1 aliphatic heterocycles. The normalized spacial score (nSPS) is 15.8. The highest BCUT2D eigenvalue weighted by Gasteiger charge is 2.17. The fraction of sp³-hybridized carbons (Fsp3) is 0.304. The molecule has 154 valence electrons. The van der Waals surface area contributed by atoms with Crippen molar-refractivity contribution in [2.24, 2.45) is 5.73 Å². The molecule has 0 radical (unpaired) electrons. The first-order valence-corrected chi connectivity index (χ1v) is 10.3.